The van der Waals surface area contributed by atoms with Crippen molar-refractivity contribution < 1.29 is 14.3 Å². The quantitative estimate of drug-likeness (QED) is 0.513. The lowest BCUT2D eigenvalue weighted by Gasteiger charge is -2.39. The summed E-state index contributed by atoms with van der Waals surface area (Å²) in [6, 6.07) is 9.32. The first-order valence-corrected chi connectivity index (χ1v) is 14.4. The lowest BCUT2D eigenvalue weighted by atomic mass is 9.73. The summed E-state index contributed by atoms with van der Waals surface area (Å²) in [4.78, 5) is 28.6. The lowest BCUT2D eigenvalue weighted by Crippen LogP contribution is -2.47. The van der Waals surface area contributed by atoms with E-state index in [0.29, 0.717) is 18.5 Å². The van der Waals surface area contributed by atoms with Gasteiger partial charge in [0, 0.05) is 70.2 Å². The number of carboxylic acids is 1. The predicted octanol–water partition coefficient (Wildman–Crippen LogP) is 4.66. The minimum Gasteiger partial charge on any atom is -0.481 e. The first-order chi connectivity index (χ1) is 18.5. The number of carboxylic acid groups (broad SMARTS) is 1. The van der Waals surface area contributed by atoms with E-state index in [-0.39, 0.29) is 11.7 Å². The zero-order valence-electron chi connectivity index (χ0n) is 22.6. The number of rotatable bonds is 9. The van der Waals surface area contributed by atoms with Gasteiger partial charge < -0.3 is 19.8 Å². The second-order valence-electron chi connectivity index (χ2n) is 11.6. The van der Waals surface area contributed by atoms with E-state index in [4.69, 9.17) is 0 Å². The number of anilines is 1. The molecule has 0 amide bonds. The Morgan fingerprint density at radius 3 is 2.47 bits per heavy atom. The van der Waals surface area contributed by atoms with Crippen LogP contribution in [-0.4, -0.2) is 82.7 Å². The largest absolute Gasteiger partial charge is 0.481 e. The van der Waals surface area contributed by atoms with Gasteiger partial charge in [0.05, 0.1) is 5.41 Å². The Bertz CT molecular complexity index is 1060. The van der Waals surface area contributed by atoms with E-state index >= 15 is 0 Å². The molecule has 3 aliphatic rings. The van der Waals surface area contributed by atoms with Gasteiger partial charge in [0.1, 0.15) is 5.82 Å². The summed E-state index contributed by atoms with van der Waals surface area (Å²) in [5.74, 6) is 0.525. The van der Waals surface area contributed by atoms with E-state index < -0.39 is 11.4 Å². The molecule has 1 aromatic heterocycles. The molecule has 0 radical (unpaired) electrons. The maximum Gasteiger partial charge on any atom is 0.310 e. The van der Waals surface area contributed by atoms with E-state index in [2.05, 4.69) is 31.6 Å². The molecular weight excluding hydrogens is 481 g/mol. The van der Waals surface area contributed by atoms with Crippen LogP contribution in [0.25, 0.3) is 0 Å². The molecule has 8 heteroatoms. The highest BCUT2D eigenvalue weighted by Crippen LogP contribution is 2.41. The van der Waals surface area contributed by atoms with Crippen molar-refractivity contribution in [2.45, 2.75) is 63.8 Å². The van der Waals surface area contributed by atoms with Crippen LogP contribution in [0.1, 0.15) is 63.4 Å². The zero-order valence-corrected chi connectivity index (χ0v) is 22.6. The third kappa shape index (κ3) is 6.01. The molecule has 2 saturated heterocycles. The topological polar surface area (TPSA) is 72.8 Å². The number of likely N-dealkylation sites (tertiary alicyclic amines) is 2. The molecule has 1 N–H and O–H groups in total. The molecule has 7 nitrogen and oxygen atoms in total. The molecule has 5 rings (SSSR count). The van der Waals surface area contributed by atoms with Gasteiger partial charge in [-0.25, -0.2) is 14.4 Å². The molecule has 2 atom stereocenters. The van der Waals surface area contributed by atoms with Crippen LogP contribution in [0.4, 0.5) is 10.3 Å². The highest BCUT2D eigenvalue weighted by atomic mass is 19.1. The summed E-state index contributed by atoms with van der Waals surface area (Å²) in [7, 11) is 0. The summed E-state index contributed by atoms with van der Waals surface area (Å²) < 4.78 is 14.2. The van der Waals surface area contributed by atoms with Crippen LogP contribution in [0, 0.1) is 17.2 Å². The van der Waals surface area contributed by atoms with Crippen LogP contribution >= 0.6 is 0 Å². The van der Waals surface area contributed by atoms with E-state index in [0.717, 1.165) is 95.7 Å². The molecule has 38 heavy (non-hydrogen) atoms. The molecule has 3 fully saturated rings. The average molecular weight is 524 g/mol. The van der Waals surface area contributed by atoms with E-state index in [1.807, 2.05) is 12.1 Å². The standard InChI is InChI=1S/C30H42FN5O2/c1-2-36(29-32-14-7-15-33-29)26-10-16-34(17-11-26)19-24-20-35(21-27(24)23-8-6-9-25(31)18-23)22-30(28(37)38)12-4-3-5-13-30/h6-9,14-15,18,24,26-27H,2-5,10-13,16-17,19-22H2,1H3,(H,37,38)/t24-,27+/m0/s1. The summed E-state index contributed by atoms with van der Waals surface area (Å²) >= 11 is 0. The SMILES string of the molecule is CCN(c1ncccn1)C1CCN(C[C@H]2CN(CC3(C(=O)O)CCCCC3)C[C@@H]2c2cccc(F)c2)CC1. The van der Waals surface area contributed by atoms with Gasteiger partial charge in [-0.05, 0) is 62.3 Å². The van der Waals surface area contributed by atoms with E-state index in [1.54, 1.807) is 24.5 Å². The van der Waals surface area contributed by atoms with Gasteiger partial charge in [-0.15, -0.1) is 0 Å². The van der Waals surface area contributed by atoms with Crippen molar-refractivity contribution in [1.82, 2.24) is 19.8 Å². The molecular formula is C30H42FN5O2. The van der Waals surface area contributed by atoms with Gasteiger partial charge in [-0.2, -0.15) is 0 Å². The maximum absolute atomic E-state index is 14.2. The van der Waals surface area contributed by atoms with Crippen molar-refractivity contribution in [3.05, 3.63) is 54.1 Å². The summed E-state index contributed by atoms with van der Waals surface area (Å²) in [6.07, 6.45) is 10.4. The number of carbonyl (C=O) groups is 1. The fraction of sp³-hybridized carbons (Fsp3) is 0.633. The van der Waals surface area contributed by atoms with Crippen LogP contribution < -0.4 is 4.90 Å². The van der Waals surface area contributed by atoms with Gasteiger partial charge in [0.15, 0.2) is 0 Å². The predicted molar refractivity (Wildman–Crippen MR) is 147 cm³/mol. The number of halogens is 1. The minimum absolute atomic E-state index is 0.197. The highest BCUT2D eigenvalue weighted by Gasteiger charge is 2.44. The van der Waals surface area contributed by atoms with Crippen molar-refractivity contribution in [3.63, 3.8) is 0 Å². The molecule has 0 unspecified atom stereocenters. The minimum atomic E-state index is -0.645. The molecule has 1 aliphatic carbocycles. The Morgan fingerprint density at radius 1 is 1.08 bits per heavy atom. The van der Waals surface area contributed by atoms with Crippen LogP contribution in [0.5, 0.6) is 0 Å². The molecule has 1 aromatic carbocycles. The Hall–Kier alpha value is -2.58. The number of piperidine rings is 1. The van der Waals surface area contributed by atoms with Crippen LogP contribution in [0.2, 0.25) is 0 Å². The van der Waals surface area contributed by atoms with E-state index in [9.17, 15) is 14.3 Å². The van der Waals surface area contributed by atoms with Crippen LogP contribution in [0.3, 0.4) is 0 Å². The molecule has 3 heterocycles. The highest BCUT2D eigenvalue weighted by molar-refractivity contribution is 5.75. The van der Waals surface area contributed by atoms with Crippen molar-refractivity contribution in [3.8, 4) is 0 Å². The number of aliphatic carboxylic acids is 1. The monoisotopic (exact) mass is 523 g/mol. The Kier molecular flexibility index (Phi) is 8.58. The molecule has 1 saturated carbocycles. The van der Waals surface area contributed by atoms with Crippen LogP contribution in [-0.2, 0) is 4.79 Å². The summed E-state index contributed by atoms with van der Waals surface area (Å²) in [5, 5.41) is 10.2. The first kappa shape index (κ1) is 27.0. The molecule has 2 aromatic rings. The maximum atomic E-state index is 14.2. The molecule has 0 bridgehead atoms. The van der Waals surface area contributed by atoms with Crippen molar-refractivity contribution in [2.75, 3.05) is 50.7 Å². The zero-order chi connectivity index (χ0) is 26.5. The number of hydrogen-bond donors (Lipinski definition) is 1. The average Bonchev–Trinajstić information content (AvgIpc) is 3.33. The summed E-state index contributed by atoms with van der Waals surface area (Å²) in [5.41, 5.74) is 0.403. The normalized spacial score (nSPS) is 24.9. The second-order valence-corrected chi connectivity index (χ2v) is 11.6. The summed E-state index contributed by atoms with van der Waals surface area (Å²) in [6.45, 7) is 8.31. The fourth-order valence-electron chi connectivity index (χ4n) is 7.23. The Morgan fingerprint density at radius 2 is 1.82 bits per heavy atom. The van der Waals surface area contributed by atoms with Gasteiger partial charge in [0.2, 0.25) is 5.95 Å². The van der Waals surface area contributed by atoms with Gasteiger partial charge in [0.25, 0.3) is 0 Å². The molecule has 0 spiro atoms. The third-order valence-corrected chi connectivity index (χ3v) is 9.22. The van der Waals surface area contributed by atoms with Crippen molar-refractivity contribution >= 4 is 11.9 Å². The number of benzene rings is 1. The lowest BCUT2D eigenvalue weighted by molar-refractivity contribution is -0.152. The fourth-order valence-corrected chi connectivity index (χ4v) is 7.23. The van der Waals surface area contributed by atoms with Crippen molar-refractivity contribution in [2.24, 2.45) is 11.3 Å². The van der Waals surface area contributed by atoms with E-state index in [1.165, 1.54) is 6.07 Å². The number of aromatic nitrogens is 2. The van der Waals surface area contributed by atoms with Crippen molar-refractivity contribution in [1.29, 1.82) is 0 Å². The number of nitrogens with zero attached hydrogens (tertiary/aromatic N) is 5. The van der Waals surface area contributed by atoms with Gasteiger partial charge >= 0.3 is 5.97 Å². The number of hydrogen-bond acceptors (Lipinski definition) is 6. The second kappa shape index (κ2) is 12.1. The smallest absolute Gasteiger partial charge is 0.310 e. The Balaban J connectivity index is 1.26. The van der Waals surface area contributed by atoms with Gasteiger partial charge in [-0.1, -0.05) is 31.4 Å². The first-order valence-electron chi connectivity index (χ1n) is 14.4. The molecule has 2 aliphatic heterocycles. The van der Waals surface area contributed by atoms with Gasteiger partial charge in [-0.3, -0.25) is 4.79 Å². The molecule has 206 valence electrons. The third-order valence-electron chi connectivity index (χ3n) is 9.22. The Labute approximate surface area is 226 Å². The van der Waals surface area contributed by atoms with Crippen LogP contribution in [0.15, 0.2) is 42.7 Å².